The van der Waals surface area contributed by atoms with Gasteiger partial charge in [-0.1, -0.05) is 37.0 Å². The number of ketones is 1. The molecule has 2 fully saturated rings. The van der Waals surface area contributed by atoms with Crippen molar-refractivity contribution in [3.63, 3.8) is 0 Å². The molecule has 0 saturated heterocycles. The SMILES string of the molecule is CC(C)CCN(CC(=O)c1c(Cl)cncc1Cl)C(=O)c1cnn([C@H]2C[C@@H]3[C@H](C2)[C@H]3C(=O)O)c1C(F)(F)F. The maximum absolute atomic E-state index is 14.2. The number of carboxylic acids is 1. The smallest absolute Gasteiger partial charge is 0.433 e. The van der Waals surface area contributed by atoms with Gasteiger partial charge in [-0.2, -0.15) is 18.3 Å². The Hall–Kier alpha value is -2.66. The van der Waals surface area contributed by atoms with Crippen molar-refractivity contribution in [3.05, 3.63) is 45.5 Å². The van der Waals surface area contributed by atoms with Gasteiger partial charge in [-0.25, -0.2) is 0 Å². The second kappa shape index (κ2) is 10.2. The number of nitrogens with zero attached hydrogens (tertiary/aromatic N) is 4. The standard InChI is InChI=1S/C24H25Cl2F3N4O4/c1-11(2)3-4-32(10-18(34)20-16(25)8-30-9-17(20)26)22(35)15-7-31-33(21(15)24(27,28)29)12-5-13-14(6-12)19(13)23(36)37/h7-9,11-14,19H,3-6,10H2,1-2H3,(H,36,37)/t12-,13+,14-,19-. The summed E-state index contributed by atoms with van der Waals surface area (Å²) in [4.78, 5) is 42.6. The molecule has 4 rings (SSSR count). The van der Waals surface area contributed by atoms with Crippen LogP contribution in [0.1, 0.15) is 65.6 Å². The van der Waals surface area contributed by atoms with Crippen LogP contribution in [0, 0.1) is 23.7 Å². The Morgan fingerprint density at radius 1 is 1.14 bits per heavy atom. The predicted octanol–water partition coefficient (Wildman–Crippen LogP) is 5.26. The molecule has 0 radical (unpaired) electrons. The fraction of sp³-hybridized carbons (Fsp3) is 0.542. The highest BCUT2D eigenvalue weighted by Crippen LogP contribution is 2.61. The number of carbonyl (C=O) groups is 3. The third kappa shape index (κ3) is 5.47. The van der Waals surface area contributed by atoms with Crippen LogP contribution in [-0.4, -0.2) is 55.5 Å². The topological polar surface area (TPSA) is 105 Å². The Labute approximate surface area is 220 Å². The van der Waals surface area contributed by atoms with Crippen LogP contribution >= 0.6 is 23.2 Å². The summed E-state index contributed by atoms with van der Waals surface area (Å²) in [5.74, 6) is -3.38. The number of hydrogen-bond donors (Lipinski definition) is 1. The van der Waals surface area contributed by atoms with E-state index in [1.54, 1.807) is 0 Å². The molecular weight excluding hydrogens is 536 g/mol. The summed E-state index contributed by atoms with van der Waals surface area (Å²) in [6.45, 7) is 3.26. The first-order chi connectivity index (χ1) is 17.3. The molecule has 1 amide bonds. The largest absolute Gasteiger partial charge is 0.481 e. The maximum atomic E-state index is 14.2. The molecule has 200 valence electrons. The molecule has 0 bridgehead atoms. The lowest BCUT2D eigenvalue weighted by Gasteiger charge is -2.24. The zero-order valence-corrected chi connectivity index (χ0v) is 21.5. The summed E-state index contributed by atoms with van der Waals surface area (Å²) in [6, 6.07) is -0.663. The Morgan fingerprint density at radius 2 is 1.73 bits per heavy atom. The number of aromatic nitrogens is 3. The van der Waals surface area contributed by atoms with Gasteiger partial charge in [-0.3, -0.25) is 24.0 Å². The number of fused-ring (bicyclic) bond motifs is 1. The number of amides is 1. The first-order valence-corrected chi connectivity index (χ1v) is 12.6. The number of pyridine rings is 1. The number of Topliss-reactive ketones (excluding diaryl/α,β-unsaturated/α-hetero) is 1. The van der Waals surface area contributed by atoms with Gasteiger partial charge in [0.25, 0.3) is 5.91 Å². The summed E-state index contributed by atoms with van der Waals surface area (Å²) in [6.07, 6.45) is -0.658. The van der Waals surface area contributed by atoms with Crippen molar-refractivity contribution in [1.29, 1.82) is 0 Å². The molecule has 2 saturated carbocycles. The molecule has 1 N–H and O–H groups in total. The second-order valence-electron chi connectivity index (χ2n) is 9.98. The number of carboxylic acid groups (broad SMARTS) is 1. The molecule has 0 unspecified atom stereocenters. The van der Waals surface area contributed by atoms with Crippen molar-refractivity contribution in [1.82, 2.24) is 19.7 Å². The van der Waals surface area contributed by atoms with Crippen molar-refractivity contribution in [3.8, 4) is 0 Å². The van der Waals surface area contributed by atoms with Gasteiger partial charge in [0.15, 0.2) is 11.5 Å². The van der Waals surface area contributed by atoms with Crippen molar-refractivity contribution in [2.75, 3.05) is 13.1 Å². The third-order valence-electron chi connectivity index (χ3n) is 7.08. The van der Waals surface area contributed by atoms with Gasteiger partial charge < -0.3 is 10.0 Å². The minimum absolute atomic E-state index is 0.0267. The first-order valence-electron chi connectivity index (χ1n) is 11.8. The molecule has 8 nitrogen and oxygen atoms in total. The van der Waals surface area contributed by atoms with Crippen LogP contribution in [0.25, 0.3) is 0 Å². The number of rotatable bonds is 9. The molecule has 0 spiro atoms. The third-order valence-corrected chi connectivity index (χ3v) is 7.65. The molecule has 2 aromatic heterocycles. The number of hydrogen-bond acceptors (Lipinski definition) is 5. The Kier molecular flexibility index (Phi) is 7.58. The maximum Gasteiger partial charge on any atom is 0.433 e. The van der Waals surface area contributed by atoms with E-state index in [1.807, 2.05) is 13.8 Å². The molecular formula is C24H25Cl2F3N4O4. The summed E-state index contributed by atoms with van der Waals surface area (Å²) in [5, 5.41) is 13.1. The number of carbonyl (C=O) groups excluding carboxylic acids is 2. The van der Waals surface area contributed by atoms with Crippen LogP contribution in [0.15, 0.2) is 18.6 Å². The Morgan fingerprint density at radius 3 is 2.24 bits per heavy atom. The van der Waals surface area contributed by atoms with Gasteiger partial charge in [0.2, 0.25) is 0 Å². The molecule has 2 aliphatic rings. The minimum atomic E-state index is -4.90. The van der Waals surface area contributed by atoms with E-state index in [-0.39, 0.29) is 52.7 Å². The normalized spacial score (nSPS) is 22.7. The quantitative estimate of drug-likeness (QED) is 0.419. The molecule has 0 aliphatic heterocycles. The summed E-state index contributed by atoms with van der Waals surface area (Å²) < 4.78 is 43.5. The highest BCUT2D eigenvalue weighted by atomic mass is 35.5. The first kappa shape index (κ1) is 27.4. The predicted molar refractivity (Wildman–Crippen MR) is 128 cm³/mol. The molecule has 37 heavy (non-hydrogen) atoms. The van der Waals surface area contributed by atoms with Gasteiger partial charge >= 0.3 is 12.1 Å². The highest BCUT2D eigenvalue weighted by molar-refractivity contribution is 6.39. The Balaban J connectivity index is 1.63. The molecule has 2 heterocycles. The van der Waals surface area contributed by atoms with Crippen molar-refractivity contribution in [2.45, 2.75) is 45.3 Å². The van der Waals surface area contributed by atoms with Crippen molar-refractivity contribution < 1.29 is 32.7 Å². The van der Waals surface area contributed by atoms with E-state index >= 15 is 0 Å². The Bertz CT molecular complexity index is 1200. The molecule has 2 aromatic rings. The lowest BCUT2D eigenvalue weighted by atomic mass is 10.1. The number of alkyl halides is 3. The van der Waals surface area contributed by atoms with E-state index in [1.165, 1.54) is 12.4 Å². The zero-order chi connectivity index (χ0) is 27.2. The van der Waals surface area contributed by atoms with Crippen LogP contribution in [0.2, 0.25) is 10.0 Å². The van der Waals surface area contributed by atoms with E-state index in [0.717, 1.165) is 15.8 Å². The fourth-order valence-electron chi connectivity index (χ4n) is 5.22. The lowest BCUT2D eigenvalue weighted by molar-refractivity contribution is -0.146. The van der Waals surface area contributed by atoms with Crippen molar-refractivity contribution >= 4 is 40.9 Å². The van der Waals surface area contributed by atoms with Crippen LogP contribution in [0.5, 0.6) is 0 Å². The lowest BCUT2D eigenvalue weighted by Crippen LogP contribution is -2.38. The van der Waals surface area contributed by atoms with E-state index in [4.69, 9.17) is 23.2 Å². The van der Waals surface area contributed by atoms with Crippen LogP contribution in [0.4, 0.5) is 13.2 Å². The van der Waals surface area contributed by atoms with Crippen LogP contribution in [-0.2, 0) is 11.0 Å². The summed E-state index contributed by atoms with van der Waals surface area (Å²) in [7, 11) is 0. The van der Waals surface area contributed by atoms with E-state index < -0.39 is 53.6 Å². The molecule has 4 atom stereocenters. The van der Waals surface area contributed by atoms with Crippen LogP contribution < -0.4 is 0 Å². The average molecular weight is 561 g/mol. The van der Waals surface area contributed by atoms with E-state index in [9.17, 15) is 32.7 Å². The number of halogens is 5. The zero-order valence-electron chi connectivity index (χ0n) is 20.0. The van der Waals surface area contributed by atoms with Gasteiger partial charge in [0, 0.05) is 18.9 Å². The average Bonchev–Trinajstić information content (AvgIpc) is 3.11. The van der Waals surface area contributed by atoms with E-state index in [0.29, 0.717) is 6.42 Å². The van der Waals surface area contributed by atoms with Crippen LogP contribution in [0.3, 0.4) is 0 Å². The van der Waals surface area contributed by atoms with Gasteiger partial charge in [0.05, 0.1) is 45.9 Å². The summed E-state index contributed by atoms with van der Waals surface area (Å²) >= 11 is 12.1. The molecule has 0 aromatic carbocycles. The minimum Gasteiger partial charge on any atom is -0.481 e. The second-order valence-corrected chi connectivity index (χ2v) is 10.8. The van der Waals surface area contributed by atoms with E-state index in [2.05, 4.69) is 10.1 Å². The monoisotopic (exact) mass is 560 g/mol. The van der Waals surface area contributed by atoms with Crippen molar-refractivity contribution in [2.24, 2.45) is 23.7 Å². The van der Waals surface area contributed by atoms with Gasteiger partial charge in [-0.05, 0) is 37.0 Å². The fourth-order valence-corrected chi connectivity index (χ4v) is 5.80. The van der Waals surface area contributed by atoms with Gasteiger partial charge in [-0.15, -0.1) is 0 Å². The highest BCUT2D eigenvalue weighted by Gasteiger charge is 2.61. The summed E-state index contributed by atoms with van der Waals surface area (Å²) in [5.41, 5.74) is -1.92. The molecule has 2 aliphatic carbocycles. The molecule has 13 heteroatoms. The number of aliphatic carboxylic acids is 1. The van der Waals surface area contributed by atoms with Gasteiger partial charge in [0.1, 0.15) is 0 Å².